The molecule has 1 aromatic rings. The van der Waals surface area contributed by atoms with E-state index < -0.39 is 0 Å². The maximum Gasteiger partial charge on any atom is 0.148 e. The first-order valence-corrected chi connectivity index (χ1v) is 4.43. The fourth-order valence-corrected chi connectivity index (χ4v) is 1.18. The van der Waals surface area contributed by atoms with Crippen molar-refractivity contribution in [2.75, 3.05) is 11.9 Å². The number of hydrogen-bond acceptors (Lipinski definition) is 3. The summed E-state index contributed by atoms with van der Waals surface area (Å²) in [5.41, 5.74) is 0. The van der Waals surface area contributed by atoms with Crippen molar-refractivity contribution < 1.29 is 0 Å². The van der Waals surface area contributed by atoms with Gasteiger partial charge in [0.15, 0.2) is 0 Å². The molecule has 0 saturated heterocycles. The Morgan fingerprint density at radius 3 is 3.08 bits per heavy atom. The van der Waals surface area contributed by atoms with Crippen LogP contribution in [0.25, 0.3) is 0 Å². The van der Waals surface area contributed by atoms with Crippen LogP contribution in [0.15, 0.2) is 12.5 Å². The van der Waals surface area contributed by atoms with Crippen molar-refractivity contribution in [2.24, 2.45) is 5.92 Å². The van der Waals surface area contributed by atoms with Gasteiger partial charge in [-0.1, -0.05) is 11.6 Å². The van der Waals surface area contributed by atoms with Crippen molar-refractivity contribution in [3.05, 3.63) is 17.5 Å². The van der Waals surface area contributed by atoms with Crippen LogP contribution in [0.5, 0.6) is 0 Å². The molecule has 0 unspecified atom stereocenters. The quantitative estimate of drug-likeness (QED) is 0.779. The molecule has 0 aromatic carbocycles. The van der Waals surface area contributed by atoms with Crippen LogP contribution in [0, 0.1) is 5.92 Å². The van der Waals surface area contributed by atoms with Crippen LogP contribution in [0.1, 0.15) is 12.8 Å². The van der Waals surface area contributed by atoms with Gasteiger partial charge in [-0.2, -0.15) is 0 Å². The highest BCUT2D eigenvalue weighted by Gasteiger charge is 2.20. The zero-order valence-corrected chi connectivity index (χ0v) is 7.38. The van der Waals surface area contributed by atoms with Crippen LogP contribution in [0.3, 0.4) is 0 Å². The number of halogens is 1. The van der Waals surface area contributed by atoms with Crippen LogP contribution in [-0.2, 0) is 0 Å². The SMILES string of the molecule is Clc1cncnc1NCC1CC1. The van der Waals surface area contributed by atoms with Gasteiger partial charge >= 0.3 is 0 Å². The van der Waals surface area contributed by atoms with E-state index in [0.29, 0.717) is 5.02 Å². The normalized spacial score (nSPS) is 16.1. The van der Waals surface area contributed by atoms with Gasteiger partial charge in [0.05, 0.1) is 6.20 Å². The second-order valence-corrected chi connectivity index (χ2v) is 3.45. The van der Waals surface area contributed by atoms with Gasteiger partial charge in [0.25, 0.3) is 0 Å². The Kier molecular flexibility index (Phi) is 2.13. The minimum Gasteiger partial charge on any atom is -0.368 e. The van der Waals surface area contributed by atoms with Gasteiger partial charge in [0, 0.05) is 6.54 Å². The summed E-state index contributed by atoms with van der Waals surface area (Å²) in [6, 6.07) is 0. The van der Waals surface area contributed by atoms with Crippen molar-refractivity contribution in [3.63, 3.8) is 0 Å². The molecule has 1 aliphatic rings. The van der Waals surface area contributed by atoms with E-state index in [9.17, 15) is 0 Å². The van der Waals surface area contributed by atoms with E-state index in [4.69, 9.17) is 11.6 Å². The number of nitrogens with one attached hydrogen (secondary N) is 1. The zero-order valence-electron chi connectivity index (χ0n) is 6.63. The first-order valence-electron chi connectivity index (χ1n) is 4.05. The second-order valence-electron chi connectivity index (χ2n) is 3.04. The topological polar surface area (TPSA) is 37.8 Å². The highest BCUT2D eigenvalue weighted by Crippen LogP contribution is 2.29. The standard InChI is InChI=1S/C8H10ClN3/c9-7-4-10-5-12-8(7)11-3-6-1-2-6/h4-6H,1-3H2,(H,10,11,12). The van der Waals surface area contributed by atoms with Gasteiger partial charge < -0.3 is 5.32 Å². The van der Waals surface area contributed by atoms with Gasteiger partial charge in [-0.05, 0) is 18.8 Å². The van der Waals surface area contributed by atoms with Crippen LogP contribution in [0.2, 0.25) is 5.02 Å². The third-order valence-electron chi connectivity index (χ3n) is 1.92. The molecule has 4 heteroatoms. The summed E-state index contributed by atoms with van der Waals surface area (Å²) >= 11 is 5.84. The first-order chi connectivity index (χ1) is 5.86. The Morgan fingerprint density at radius 1 is 1.58 bits per heavy atom. The van der Waals surface area contributed by atoms with E-state index in [1.807, 2.05) is 0 Å². The predicted molar refractivity (Wildman–Crippen MR) is 48.3 cm³/mol. The average Bonchev–Trinajstić information content (AvgIpc) is 2.86. The molecule has 64 valence electrons. The molecule has 0 aliphatic heterocycles. The average molecular weight is 184 g/mol. The van der Waals surface area contributed by atoms with Gasteiger partial charge in [-0.25, -0.2) is 9.97 Å². The summed E-state index contributed by atoms with van der Waals surface area (Å²) in [4.78, 5) is 7.83. The van der Waals surface area contributed by atoms with E-state index in [1.54, 1.807) is 6.20 Å². The molecular weight excluding hydrogens is 174 g/mol. The Labute approximate surface area is 76.2 Å². The van der Waals surface area contributed by atoms with Crippen LogP contribution in [0.4, 0.5) is 5.82 Å². The summed E-state index contributed by atoms with van der Waals surface area (Å²) in [6.07, 6.45) is 5.76. The largest absolute Gasteiger partial charge is 0.368 e. The number of nitrogens with zero attached hydrogens (tertiary/aromatic N) is 2. The molecule has 0 spiro atoms. The van der Waals surface area contributed by atoms with E-state index in [1.165, 1.54) is 19.2 Å². The molecule has 12 heavy (non-hydrogen) atoms. The summed E-state index contributed by atoms with van der Waals surface area (Å²) in [5, 5.41) is 3.79. The van der Waals surface area contributed by atoms with E-state index in [-0.39, 0.29) is 0 Å². The van der Waals surface area contributed by atoms with Crippen molar-refractivity contribution in [1.82, 2.24) is 9.97 Å². The molecule has 1 aromatic heterocycles. The Bertz CT molecular complexity index is 273. The highest BCUT2D eigenvalue weighted by molar-refractivity contribution is 6.32. The lowest BCUT2D eigenvalue weighted by atomic mass is 10.4. The minimum absolute atomic E-state index is 0.596. The highest BCUT2D eigenvalue weighted by atomic mass is 35.5. The molecule has 1 heterocycles. The summed E-state index contributed by atoms with van der Waals surface area (Å²) in [7, 11) is 0. The summed E-state index contributed by atoms with van der Waals surface area (Å²) in [5.74, 6) is 1.58. The molecule has 1 saturated carbocycles. The van der Waals surface area contributed by atoms with Gasteiger partial charge in [0.1, 0.15) is 17.2 Å². The predicted octanol–water partition coefficient (Wildman–Crippen LogP) is 1.95. The Hall–Kier alpha value is -0.830. The Balaban J connectivity index is 1.96. The third kappa shape index (κ3) is 1.85. The van der Waals surface area contributed by atoms with Gasteiger partial charge in [-0.3, -0.25) is 0 Å². The number of aromatic nitrogens is 2. The molecule has 1 fully saturated rings. The van der Waals surface area contributed by atoms with Crippen molar-refractivity contribution in [2.45, 2.75) is 12.8 Å². The number of anilines is 1. The molecule has 1 aliphatic carbocycles. The molecular formula is C8H10ClN3. The second kappa shape index (κ2) is 3.27. The van der Waals surface area contributed by atoms with Crippen LogP contribution >= 0.6 is 11.6 Å². The summed E-state index contributed by atoms with van der Waals surface area (Å²) in [6.45, 7) is 0.983. The van der Waals surface area contributed by atoms with Gasteiger partial charge in [0.2, 0.25) is 0 Å². The van der Waals surface area contributed by atoms with E-state index >= 15 is 0 Å². The maximum atomic E-state index is 5.84. The van der Waals surface area contributed by atoms with Gasteiger partial charge in [-0.15, -0.1) is 0 Å². The van der Waals surface area contributed by atoms with Crippen LogP contribution in [-0.4, -0.2) is 16.5 Å². The fraction of sp³-hybridized carbons (Fsp3) is 0.500. The summed E-state index contributed by atoms with van der Waals surface area (Å²) < 4.78 is 0. The third-order valence-corrected chi connectivity index (χ3v) is 2.20. The smallest absolute Gasteiger partial charge is 0.148 e. The number of rotatable bonds is 3. The molecule has 2 rings (SSSR count). The van der Waals surface area contributed by atoms with E-state index in [2.05, 4.69) is 15.3 Å². The maximum absolute atomic E-state index is 5.84. The molecule has 3 nitrogen and oxygen atoms in total. The fourth-order valence-electron chi connectivity index (χ4n) is 1.01. The molecule has 0 radical (unpaired) electrons. The van der Waals surface area contributed by atoms with E-state index in [0.717, 1.165) is 18.3 Å². The molecule has 1 N–H and O–H groups in total. The van der Waals surface area contributed by atoms with Crippen molar-refractivity contribution in [3.8, 4) is 0 Å². The van der Waals surface area contributed by atoms with Crippen molar-refractivity contribution in [1.29, 1.82) is 0 Å². The lowest BCUT2D eigenvalue weighted by Gasteiger charge is -2.04. The first kappa shape index (κ1) is 7.80. The number of hydrogen-bond donors (Lipinski definition) is 1. The lowest BCUT2D eigenvalue weighted by molar-refractivity contribution is 0.881. The minimum atomic E-state index is 0.596. The van der Waals surface area contributed by atoms with Crippen molar-refractivity contribution >= 4 is 17.4 Å². The Morgan fingerprint density at radius 2 is 2.42 bits per heavy atom. The van der Waals surface area contributed by atoms with Crippen LogP contribution < -0.4 is 5.32 Å². The molecule has 0 atom stereocenters. The lowest BCUT2D eigenvalue weighted by Crippen LogP contribution is -2.05. The molecule has 0 amide bonds. The molecule has 0 bridgehead atoms. The monoisotopic (exact) mass is 183 g/mol. The zero-order chi connectivity index (χ0) is 8.39.